The van der Waals surface area contributed by atoms with Crippen LogP contribution in [0.2, 0.25) is 0 Å². The van der Waals surface area contributed by atoms with Gasteiger partial charge in [0, 0.05) is 38.4 Å². The second-order valence-corrected chi connectivity index (χ2v) is 8.55. The van der Waals surface area contributed by atoms with Crippen LogP contribution in [0.15, 0.2) is 24.4 Å². The van der Waals surface area contributed by atoms with Gasteiger partial charge in [0.1, 0.15) is 11.3 Å². The van der Waals surface area contributed by atoms with E-state index in [0.717, 1.165) is 49.5 Å². The Kier molecular flexibility index (Phi) is 20.8. The molecular formula is C31H49N7O3. The van der Waals surface area contributed by atoms with E-state index >= 15 is 0 Å². The van der Waals surface area contributed by atoms with Crippen LogP contribution in [0.5, 0.6) is 5.75 Å². The van der Waals surface area contributed by atoms with Crippen LogP contribution in [0.25, 0.3) is 11.0 Å². The molecule has 0 radical (unpaired) electrons. The number of aliphatic hydroxyl groups excluding tert-OH is 1. The van der Waals surface area contributed by atoms with Gasteiger partial charge in [0.2, 0.25) is 5.95 Å². The Bertz CT molecular complexity index is 1120. The molecule has 0 spiro atoms. The minimum atomic E-state index is 0.0283. The highest BCUT2D eigenvalue weighted by Gasteiger charge is 2.17. The summed E-state index contributed by atoms with van der Waals surface area (Å²) in [5.74, 6) is 1.61. The molecule has 4 rings (SSSR count). The first-order valence-electron chi connectivity index (χ1n) is 14.1. The first kappa shape index (κ1) is 37.2. The number of terminal acetylenes is 2. The molecular weight excluding hydrogens is 518 g/mol. The van der Waals surface area contributed by atoms with Crippen LogP contribution >= 0.6 is 0 Å². The van der Waals surface area contributed by atoms with E-state index < -0.39 is 0 Å². The summed E-state index contributed by atoms with van der Waals surface area (Å²) in [6, 6.07) is 5.92. The van der Waals surface area contributed by atoms with E-state index in [9.17, 15) is 5.11 Å². The molecule has 41 heavy (non-hydrogen) atoms. The second-order valence-electron chi connectivity index (χ2n) is 8.55. The van der Waals surface area contributed by atoms with Crippen molar-refractivity contribution in [2.24, 2.45) is 5.73 Å². The summed E-state index contributed by atoms with van der Waals surface area (Å²) in [5, 5.41) is 14.2. The van der Waals surface area contributed by atoms with Crippen molar-refractivity contribution in [3.05, 3.63) is 35.5 Å². The molecule has 2 aromatic heterocycles. The lowest BCUT2D eigenvalue weighted by Crippen LogP contribution is -2.29. The Morgan fingerprint density at radius 3 is 2.27 bits per heavy atom. The summed E-state index contributed by atoms with van der Waals surface area (Å²) in [4.78, 5) is 10.8. The third-order valence-electron chi connectivity index (χ3n) is 5.86. The van der Waals surface area contributed by atoms with E-state index in [1.165, 1.54) is 19.3 Å². The van der Waals surface area contributed by atoms with Gasteiger partial charge in [-0.15, -0.1) is 25.7 Å². The van der Waals surface area contributed by atoms with E-state index in [1.807, 2.05) is 43.1 Å². The predicted octanol–water partition coefficient (Wildman–Crippen LogP) is 4.23. The number of aromatic nitrogens is 4. The van der Waals surface area contributed by atoms with Gasteiger partial charge in [-0.3, -0.25) is 4.68 Å². The second kappa shape index (κ2) is 22.9. The zero-order chi connectivity index (χ0) is 31.0. The molecule has 226 valence electrons. The maximum absolute atomic E-state index is 9.47. The van der Waals surface area contributed by atoms with E-state index in [0.29, 0.717) is 36.5 Å². The molecule has 0 saturated carbocycles. The topological polar surface area (TPSA) is 138 Å². The van der Waals surface area contributed by atoms with Gasteiger partial charge in [-0.1, -0.05) is 39.3 Å². The zero-order valence-corrected chi connectivity index (χ0v) is 25.3. The van der Waals surface area contributed by atoms with Gasteiger partial charge in [-0.2, -0.15) is 10.1 Å². The van der Waals surface area contributed by atoms with Crippen LogP contribution in [-0.2, 0) is 17.8 Å². The van der Waals surface area contributed by atoms with Gasteiger partial charge in [-0.05, 0) is 37.3 Å². The van der Waals surface area contributed by atoms with Crippen LogP contribution in [0.3, 0.4) is 0 Å². The van der Waals surface area contributed by atoms with Gasteiger partial charge in [0.25, 0.3) is 0 Å². The molecule has 0 amide bonds. The number of benzene rings is 1. The van der Waals surface area contributed by atoms with Crippen LogP contribution in [0.1, 0.15) is 64.0 Å². The first-order chi connectivity index (χ1) is 20.1. The molecule has 1 aliphatic rings. The molecule has 1 fully saturated rings. The monoisotopic (exact) mass is 567 g/mol. The Hall–Kier alpha value is -3.83. The van der Waals surface area contributed by atoms with Gasteiger partial charge in [-0.25, -0.2) is 4.98 Å². The molecule has 1 saturated heterocycles. The molecule has 0 atom stereocenters. The number of anilines is 2. The largest absolute Gasteiger partial charge is 0.496 e. The maximum atomic E-state index is 9.47. The van der Waals surface area contributed by atoms with E-state index in [2.05, 4.69) is 42.6 Å². The highest BCUT2D eigenvalue weighted by Crippen LogP contribution is 2.26. The molecule has 0 bridgehead atoms. The third-order valence-corrected chi connectivity index (χ3v) is 5.86. The molecule has 3 aromatic rings. The van der Waals surface area contributed by atoms with Crippen molar-refractivity contribution in [1.82, 2.24) is 19.7 Å². The number of nitrogen functional groups attached to an aromatic ring is 1. The lowest BCUT2D eigenvalue weighted by molar-refractivity contribution is 0.0968. The van der Waals surface area contributed by atoms with Gasteiger partial charge < -0.3 is 30.9 Å². The van der Waals surface area contributed by atoms with Crippen LogP contribution in [0.4, 0.5) is 11.8 Å². The molecule has 10 heteroatoms. The summed E-state index contributed by atoms with van der Waals surface area (Å²) in [7, 11) is 1.64. The molecule has 0 aliphatic carbocycles. The van der Waals surface area contributed by atoms with Crippen molar-refractivity contribution < 1.29 is 14.6 Å². The van der Waals surface area contributed by atoms with Crippen molar-refractivity contribution in [1.29, 1.82) is 0 Å². The molecule has 1 aliphatic heterocycles. The van der Waals surface area contributed by atoms with Crippen molar-refractivity contribution in [2.45, 2.75) is 66.0 Å². The molecule has 1 aromatic carbocycles. The number of aliphatic hydroxyl groups is 1. The number of unbranched alkanes of at least 4 members (excludes halogenated alkanes) is 1. The lowest BCUT2D eigenvalue weighted by Gasteiger charge is -2.22. The smallest absolute Gasteiger partial charge is 0.222 e. The maximum Gasteiger partial charge on any atom is 0.222 e. The van der Waals surface area contributed by atoms with Gasteiger partial charge in [0.05, 0.1) is 26.5 Å². The summed E-state index contributed by atoms with van der Waals surface area (Å²) in [6.07, 6.45) is 23.8. The van der Waals surface area contributed by atoms with Crippen molar-refractivity contribution >= 4 is 22.8 Å². The zero-order valence-electron chi connectivity index (χ0n) is 25.3. The Morgan fingerprint density at radius 2 is 1.76 bits per heavy atom. The van der Waals surface area contributed by atoms with Crippen molar-refractivity contribution in [3.8, 4) is 31.4 Å². The SMILES string of the molecule is C#C.C#C.C1CCOCC1.CC.CCCCN(CCO)c1nc(N)nc2cn(Cc3ccc(CN)cc3OC)nc12. The van der Waals surface area contributed by atoms with E-state index in [4.69, 9.17) is 26.0 Å². The number of fused-ring (bicyclic) bond motifs is 1. The highest BCUT2D eigenvalue weighted by atomic mass is 16.5. The van der Waals surface area contributed by atoms with Crippen molar-refractivity contribution in [3.63, 3.8) is 0 Å². The van der Waals surface area contributed by atoms with Crippen LogP contribution < -0.4 is 21.1 Å². The third kappa shape index (κ3) is 12.5. The minimum Gasteiger partial charge on any atom is -0.496 e. The molecule has 0 unspecified atom stereocenters. The molecule has 5 N–H and O–H groups in total. The van der Waals surface area contributed by atoms with E-state index in [1.54, 1.807) is 11.8 Å². The average Bonchev–Trinajstić information content (AvgIpc) is 3.45. The first-order valence-corrected chi connectivity index (χ1v) is 14.1. The molecule has 10 nitrogen and oxygen atoms in total. The normalized spacial score (nSPS) is 11.7. The van der Waals surface area contributed by atoms with Crippen LogP contribution in [0, 0.1) is 25.7 Å². The Labute approximate surface area is 246 Å². The summed E-state index contributed by atoms with van der Waals surface area (Å²) < 4.78 is 12.4. The van der Waals surface area contributed by atoms with Gasteiger partial charge >= 0.3 is 0 Å². The number of nitrogens with two attached hydrogens (primary N) is 2. The Balaban J connectivity index is 0.00000113. The Morgan fingerprint density at radius 1 is 1.07 bits per heavy atom. The highest BCUT2D eigenvalue weighted by molar-refractivity contribution is 5.86. The average molecular weight is 568 g/mol. The fourth-order valence-electron chi connectivity index (χ4n) is 3.96. The van der Waals surface area contributed by atoms with E-state index in [-0.39, 0.29) is 12.6 Å². The minimum absolute atomic E-state index is 0.0283. The number of methoxy groups -OCH3 is 1. The van der Waals surface area contributed by atoms with Crippen LogP contribution in [-0.4, -0.2) is 64.9 Å². The number of hydrogen-bond acceptors (Lipinski definition) is 9. The lowest BCUT2D eigenvalue weighted by atomic mass is 10.1. The van der Waals surface area contributed by atoms with Gasteiger partial charge in [0.15, 0.2) is 11.3 Å². The fraction of sp³-hybridized carbons (Fsp3) is 0.516. The number of hydrogen-bond donors (Lipinski definition) is 3. The number of nitrogens with zero attached hydrogens (tertiary/aromatic N) is 5. The summed E-state index contributed by atoms with van der Waals surface area (Å²) in [6.45, 7) is 10.4. The molecule has 3 heterocycles. The quantitative estimate of drug-likeness (QED) is 0.307. The van der Waals surface area contributed by atoms with Crippen molar-refractivity contribution in [2.75, 3.05) is 50.7 Å². The fourth-order valence-corrected chi connectivity index (χ4v) is 3.96. The number of rotatable bonds is 10. The predicted molar refractivity (Wildman–Crippen MR) is 170 cm³/mol. The summed E-state index contributed by atoms with van der Waals surface area (Å²) >= 11 is 0. The number of ether oxygens (including phenoxy) is 2. The summed E-state index contributed by atoms with van der Waals surface area (Å²) in [5.41, 5.74) is 15.0. The standard InChI is InChI=1S/C20H29N7O2.C5H10O.C2H6.2C2H2/c1-3-4-7-26(8-9-28)19-18-16(23-20(22)24-19)13-27(25-18)12-15-6-5-14(11-21)10-17(15)29-2;1-2-4-6-5-3-1;3*1-2/h5-6,10,13,28H,3-4,7-9,11-12,21H2,1-2H3,(H2,22,23);1-5H2;1-2H3;2*1-2H.